The van der Waals surface area contributed by atoms with Gasteiger partial charge in [-0.2, -0.15) is 0 Å². The van der Waals surface area contributed by atoms with Crippen LogP contribution in [-0.4, -0.2) is 32.1 Å². The van der Waals surface area contributed by atoms with E-state index in [-0.39, 0.29) is 0 Å². The van der Waals surface area contributed by atoms with Crippen LogP contribution in [0.1, 0.15) is 12.0 Å². The summed E-state index contributed by atoms with van der Waals surface area (Å²) in [6, 6.07) is 20.2. The zero-order chi connectivity index (χ0) is 16.5. The number of hydrogen-bond acceptors (Lipinski definition) is 2. The highest BCUT2D eigenvalue weighted by Gasteiger charge is 2.10. The predicted octanol–water partition coefficient (Wildman–Crippen LogP) is 4.63. The van der Waals surface area contributed by atoms with E-state index in [1.807, 2.05) is 0 Å². The summed E-state index contributed by atoms with van der Waals surface area (Å²) in [6.07, 6.45) is 1.18. The number of hydrogen-bond donors (Lipinski definition) is 1. The summed E-state index contributed by atoms with van der Waals surface area (Å²) in [5.74, 6) is 0. The van der Waals surface area contributed by atoms with E-state index in [2.05, 4.69) is 78.9 Å². The molecule has 0 amide bonds. The molecule has 0 aromatic heterocycles. The predicted molar refractivity (Wildman–Crippen MR) is 105 cm³/mol. The Morgan fingerprint density at radius 3 is 2.21 bits per heavy atom. The molecule has 4 aromatic rings. The van der Waals surface area contributed by atoms with Gasteiger partial charge in [0.1, 0.15) is 0 Å². The Morgan fingerprint density at radius 2 is 1.46 bits per heavy atom. The molecule has 4 rings (SSSR count). The molecule has 122 valence electrons. The van der Waals surface area contributed by atoms with Crippen LogP contribution in [0.4, 0.5) is 0 Å². The van der Waals surface area contributed by atoms with Crippen molar-refractivity contribution in [3.63, 3.8) is 0 Å². The maximum Gasteiger partial charge on any atom is 0.0211 e. The molecule has 2 nitrogen and oxygen atoms in total. The second-order valence-corrected chi connectivity index (χ2v) is 6.91. The highest BCUT2D eigenvalue weighted by atomic mass is 15.0. The second-order valence-electron chi connectivity index (χ2n) is 6.91. The zero-order valence-electron chi connectivity index (χ0n) is 14.5. The van der Waals surface area contributed by atoms with Crippen molar-refractivity contribution >= 4 is 32.3 Å². The molecule has 0 spiro atoms. The van der Waals surface area contributed by atoms with Gasteiger partial charge in [0.2, 0.25) is 0 Å². The average Bonchev–Trinajstić information content (AvgIpc) is 2.60. The molecule has 0 aliphatic rings. The topological polar surface area (TPSA) is 15.3 Å². The Bertz CT molecular complexity index is 956. The Kier molecular flexibility index (Phi) is 4.09. The van der Waals surface area contributed by atoms with Crippen LogP contribution in [0.2, 0.25) is 0 Å². The Morgan fingerprint density at radius 1 is 0.792 bits per heavy atom. The van der Waals surface area contributed by atoms with Crippen molar-refractivity contribution in [3.8, 4) is 0 Å². The van der Waals surface area contributed by atoms with E-state index in [1.54, 1.807) is 0 Å². The van der Waals surface area contributed by atoms with E-state index in [1.165, 1.54) is 44.3 Å². The van der Waals surface area contributed by atoms with Crippen LogP contribution in [0.25, 0.3) is 32.3 Å². The second kappa shape index (κ2) is 6.39. The number of nitrogens with one attached hydrogen (secondary N) is 1. The maximum absolute atomic E-state index is 3.60. The van der Waals surface area contributed by atoms with Crippen LogP contribution in [-0.2, 0) is 6.54 Å². The molecule has 0 saturated heterocycles. The van der Waals surface area contributed by atoms with Crippen molar-refractivity contribution in [3.05, 3.63) is 60.2 Å². The van der Waals surface area contributed by atoms with Gasteiger partial charge in [0, 0.05) is 6.54 Å². The van der Waals surface area contributed by atoms with E-state index in [0.717, 1.165) is 19.6 Å². The summed E-state index contributed by atoms with van der Waals surface area (Å²) in [5.41, 5.74) is 1.39. The molecule has 0 radical (unpaired) electrons. The van der Waals surface area contributed by atoms with Gasteiger partial charge in [0.25, 0.3) is 0 Å². The van der Waals surface area contributed by atoms with Crippen LogP contribution in [0.15, 0.2) is 54.6 Å². The maximum atomic E-state index is 3.60. The first-order valence-electron chi connectivity index (χ1n) is 8.75. The molecule has 0 heterocycles. The van der Waals surface area contributed by atoms with Gasteiger partial charge in [-0.25, -0.2) is 0 Å². The molecule has 0 atom stereocenters. The van der Waals surface area contributed by atoms with Crippen LogP contribution in [0.5, 0.6) is 0 Å². The van der Waals surface area contributed by atoms with E-state index < -0.39 is 0 Å². The fourth-order valence-electron chi connectivity index (χ4n) is 3.69. The fraction of sp³-hybridized carbons (Fsp3) is 0.273. The SMILES string of the molecule is CN(C)CCCNCc1ccc2ccc3cccc4ccc1c2c34. The summed E-state index contributed by atoms with van der Waals surface area (Å²) in [7, 11) is 4.25. The quantitative estimate of drug-likeness (QED) is 0.412. The van der Waals surface area contributed by atoms with E-state index >= 15 is 0 Å². The molecule has 0 saturated carbocycles. The lowest BCUT2D eigenvalue weighted by Gasteiger charge is -2.14. The molecular formula is C22H24N2. The molecule has 1 N–H and O–H groups in total. The fourth-order valence-corrected chi connectivity index (χ4v) is 3.69. The van der Waals surface area contributed by atoms with E-state index in [9.17, 15) is 0 Å². The molecular weight excluding hydrogens is 292 g/mol. The normalized spacial score (nSPS) is 12.1. The highest BCUT2D eigenvalue weighted by Crippen LogP contribution is 2.35. The van der Waals surface area contributed by atoms with Crippen molar-refractivity contribution in [1.29, 1.82) is 0 Å². The first kappa shape index (κ1) is 15.4. The molecule has 0 aliphatic heterocycles. The lowest BCUT2D eigenvalue weighted by atomic mass is 9.92. The zero-order valence-corrected chi connectivity index (χ0v) is 14.5. The molecule has 0 aliphatic carbocycles. The number of rotatable bonds is 6. The van der Waals surface area contributed by atoms with Crippen molar-refractivity contribution in [2.24, 2.45) is 0 Å². The van der Waals surface area contributed by atoms with Gasteiger partial charge in [-0.3, -0.25) is 0 Å². The number of nitrogens with zero attached hydrogens (tertiary/aromatic N) is 1. The highest BCUT2D eigenvalue weighted by molar-refractivity contribution is 6.23. The van der Waals surface area contributed by atoms with Gasteiger partial charge in [-0.1, -0.05) is 54.6 Å². The van der Waals surface area contributed by atoms with Crippen molar-refractivity contribution in [2.75, 3.05) is 27.2 Å². The van der Waals surface area contributed by atoms with Gasteiger partial charge < -0.3 is 10.2 Å². The monoisotopic (exact) mass is 316 g/mol. The summed E-state index contributed by atoms with van der Waals surface area (Å²) in [6.45, 7) is 3.12. The first-order valence-corrected chi connectivity index (χ1v) is 8.75. The van der Waals surface area contributed by atoms with Crippen LogP contribution in [0.3, 0.4) is 0 Å². The molecule has 24 heavy (non-hydrogen) atoms. The molecule has 2 heteroatoms. The first-order chi connectivity index (χ1) is 11.7. The van der Waals surface area contributed by atoms with Gasteiger partial charge in [-0.05, 0) is 71.5 Å². The summed E-state index contributed by atoms with van der Waals surface area (Å²) in [5, 5.41) is 11.8. The van der Waals surface area contributed by atoms with Crippen molar-refractivity contribution in [1.82, 2.24) is 10.2 Å². The summed E-state index contributed by atoms with van der Waals surface area (Å²) in [4.78, 5) is 2.23. The van der Waals surface area contributed by atoms with Crippen LogP contribution >= 0.6 is 0 Å². The van der Waals surface area contributed by atoms with Crippen LogP contribution in [0, 0.1) is 0 Å². The third kappa shape index (κ3) is 2.72. The Balaban J connectivity index is 1.69. The number of benzene rings is 4. The van der Waals surface area contributed by atoms with Crippen molar-refractivity contribution in [2.45, 2.75) is 13.0 Å². The van der Waals surface area contributed by atoms with E-state index in [4.69, 9.17) is 0 Å². The van der Waals surface area contributed by atoms with Gasteiger partial charge in [-0.15, -0.1) is 0 Å². The molecule has 0 fully saturated rings. The van der Waals surface area contributed by atoms with Crippen molar-refractivity contribution < 1.29 is 0 Å². The lowest BCUT2D eigenvalue weighted by molar-refractivity contribution is 0.394. The largest absolute Gasteiger partial charge is 0.313 e. The van der Waals surface area contributed by atoms with Gasteiger partial charge in [0.15, 0.2) is 0 Å². The molecule has 0 unspecified atom stereocenters. The minimum Gasteiger partial charge on any atom is -0.313 e. The van der Waals surface area contributed by atoms with E-state index in [0.29, 0.717) is 0 Å². The molecule has 4 aromatic carbocycles. The third-order valence-corrected chi connectivity index (χ3v) is 4.89. The Labute approximate surface area is 143 Å². The smallest absolute Gasteiger partial charge is 0.0211 e. The Hall–Kier alpha value is -2.16. The average molecular weight is 316 g/mol. The third-order valence-electron chi connectivity index (χ3n) is 4.89. The standard InChI is InChI=1S/C22H24N2/c1-24(2)14-4-13-23-15-19-10-9-18-8-7-16-5-3-6-17-11-12-20(19)22(18)21(16)17/h3,5-12,23H,4,13-15H2,1-2H3. The lowest BCUT2D eigenvalue weighted by Crippen LogP contribution is -2.21. The van der Waals surface area contributed by atoms with Crippen LogP contribution < -0.4 is 5.32 Å². The summed E-state index contributed by atoms with van der Waals surface area (Å²) >= 11 is 0. The summed E-state index contributed by atoms with van der Waals surface area (Å²) < 4.78 is 0. The minimum absolute atomic E-state index is 0.932. The molecule has 0 bridgehead atoms. The van der Waals surface area contributed by atoms with Gasteiger partial charge >= 0.3 is 0 Å². The van der Waals surface area contributed by atoms with Gasteiger partial charge in [0.05, 0.1) is 0 Å². The minimum atomic E-state index is 0.932.